The second-order valence-corrected chi connectivity index (χ2v) is 4.88. The Labute approximate surface area is 93.8 Å². The van der Waals surface area contributed by atoms with Crippen molar-refractivity contribution in [2.24, 2.45) is 5.92 Å². The Balaban J connectivity index is 1.82. The third-order valence-electron chi connectivity index (χ3n) is 3.53. The van der Waals surface area contributed by atoms with E-state index in [2.05, 4.69) is 15.0 Å². The number of aromatic nitrogens is 2. The van der Waals surface area contributed by atoms with E-state index in [0.29, 0.717) is 11.8 Å². The van der Waals surface area contributed by atoms with E-state index >= 15 is 0 Å². The third-order valence-corrected chi connectivity index (χ3v) is 3.53. The highest BCUT2D eigenvalue weighted by Crippen LogP contribution is 2.39. The van der Waals surface area contributed by atoms with E-state index in [9.17, 15) is 5.11 Å². The predicted octanol–water partition coefficient (Wildman–Crippen LogP) is -0.475. The van der Waals surface area contributed by atoms with E-state index < -0.39 is 0 Å². The summed E-state index contributed by atoms with van der Waals surface area (Å²) in [5.41, 5.74) is 0. The molecule has 0 aliphatic carbocycles. The number of anilines is 1. The lowest BCUT2D eigenvalue weighted by Gasteiger charge is -2.23. The molecule has 3 heterocycles. The first kappa shape index (κ1) is 10.0. The van der Waals surface area contributed by atoms with Crippen molar-refractivity contribution in [1.82, 2.24) is 15.0 Å². The first-order valence-electron chi connectivity index (χ1n) is 5.56. The predicted molar refractivity (Wildman–Crippen MR) is 57.3 cm³/mol. The largest absolute Gasteiger partial charge is 0.391 e. The average Bonchev–Trinajstić information content (AvgIpc) is 2.89. The molecule has 1 aromatic heterocycles. The molecule has 4 unspecified atom stereocenters. The minimum absolute atomic E-state index is 0.199. The van der Waals surface area contributed by atoms with E-state index in [1.54, 1.807) is 0 Å². The summed E-state index contributed by atoms with van der Waals surface area (Å²) in [6.45, 7) is 2.66. The van der Waals surface area contributed by atoms with Crippen molar-refractivity contribution in [2.45, 2.75) is 12.0 Å². The Morgan fingerprint density at radius 3 is 2.75 bits per heavy atom. The number of hydrogen-bond acceptors (Lipinski definition) is 6. The van der Waals surface area contributed by atoms with Crippen LogP contribution in [0.2, 0.25) is 0 Å². The molecule has 2 bridgehead atoms. The van der Waals surface area contributed by atoms with Crippen LogP contribution in [0.1, 0.15) is 11.8 Å². The highest BCUT2D eigenvalue weighted by Gasteiger charge is 2.47. The average molecular weight is 224 g/mol. The van der Waals surface area contributed by atoms with Gasteiger partial charge in [-0.2, -0.15) is 4.98 Å². The molecule has 0 amide bonds. The summed E-state index contributed by atoms with van der Waals surface area (Å²) in [7, 11) is 3.77. The quantitative estimate of drug-likeness (QED) is 0.732. The summed E-state index contributed by atoms with van der Waals surface area (Å²) in [5, 5.41) is 13.7. The molecule has 1 N–H and O–H groups in total. The highest BCUT2D eigenvalue weighted by atomic mass is 16.5. The molecular weight excluding hydrogens is 208 g/mol. The lowest BCUT2D eigenvalue weighted by molar-refractivity contribution is 0.0974. The fourth-order valence-electron chi connectivity index (χ4n) is 2.67. The number of piperidine rings is 1. The second kappa shape index (κ2) is 3.43. The van der Waals surface area contributed by atoms with Gasteiger partial charge in [0.25, 0.3) is 5.95 Å². The fraction of sp³-hybridized carbons (Fsp3) is 0.800. The van der Waals surface area contributed by atoms with Crippen LogP contribution in [0.15, 0.2) is 4.52 Å². The molecule has 6 nitrogen and oxygen atoms in total. The molecule has 6 heteroatoms. The molecule has 4 atom stereocenters. The molecule has 88 valence electrons. The molecule has 3 rings (SSSR count). The molecule has 16 heavy (non-hydrogen) atoms. The van der Waals surface area contributed by atoms with Crippen LogP contribution >= 0.6 is 0 Å². The summed E-state index contributed by atoms with van der Waals surface area (Å²) < 4.78 is 5.27. The van der Waals surface area contributed by atoms with E-state index in [0.717, 1.165) is 19.6 Å². The summed E-state index contributed by atoms with van der Waals surface area (Å²) in [4.78, 5) is 8.42. The zero-order chi connectivity index (χ0) is 11.3. The van der Waals surface area contributed by atoms with Crippen LogP contribution in [-0.2, 0) is 0 Å². The molecule has 2 saturated heterocycles. The van der Waals surface area contributed by atoms with Crippen molar-refractivity contribution in [3.8, 4) is 0 Å². The first-order valence-corrected chi connectivity index (χ1v) is 5.56. The van der Waals surface area contributed by atoms with Crippen LogP contribution in [0.25, 0.3) is 0 Å². The molecule has 1 aromatic rings. The molecule has 0 saturated carbocycles. The zero-order valence-corrected chi connectivity index (χ0v) is 9.50. The van der Waals surface area contributed by atoms with Gasteiger partial charge >= 0.3 is 0 Å². The molecule has 0 aromatic carbocycles. The summed E-state index contributed by atoms with van der Waals surface area (Å²) in [6.07, 6.45) is -0.242. The standard InChI is InChI=1S/C10H16N4O2/c1-13(2)10-11-9(16-12-10)7-4-14-3-6(7)8(15)5-14/h6-8,15H,3-5H2,1-2H3. The van der Waals surface area contributed by atoms with Gasteiger partial charge in [-0.25, -0.2) is 0 Å². The van der Waals surface area contributed by atoms with Crippen molar-refractivity contribution < 1.29 is 9.63 Å². The Hall–Kier alpha value is -1.14. The van der Waals surface area contributed by atoms with Crippen molar-refractivity contribution in [2.75, 3.05) is 38.6 Å². The van der Waals surface area contributed by atoms with Gasteiger partial charge in [-0.3, -0.25) is 4.90 Å². The number of rotatable bonds is 2. The maximum atomic E-state index is 9.83. The summed E-state index contributed by atoms with van der Waals surface area (Å²) in [5.74, 6) is 1.72. The lowest BCUT2D eigenvalue weighted by atomic mass is 9.90. The smallest absolute Gasteiger partial charge is 0.265 e. The summed E-state index contributed by atoms with van der Waals surface area (Å²) in [6, 6.07) is 0. The van der Waals surface area contributed by atoms with Gasteiger partial charge in [0, 0.05) is 39.6 Å². The Morgan fingerprint density at radius 2 is 2.19 bits per heavy atom. The van der Waals surface area contributed by atoms with Crippen LogP contribution in [0.3, 0.4) is 0 Å². The lowest BCUT2D eigenvalue weighted by Crippen LogP contribution is -2.33. The number of fused-ring (bicyclic) bond motifs is 2. The Morgan fingerprint density at radius 1 is 1.38 bits per heavy atom. The van der Waals surface area contributed by atoms with Crippen LogP contribution in [0, 0.1) is 5.92 Å². The Kier molecular flexibility index (Phi) is 2.15. The van der Waals surface area contributed by atoms with Crippen LogP contribution in [0.4, 0.5) is 5.95 Å². The summed E-state index contributed by atoms with van der Waals surface area (Å²) >= 11 is 0. The van der Waals surface area contributed by atoms with Crippen LogP contribution in [-0.4, -0.2) is 60.0 Å². The third kappa shape index (κ3) is 1.41. The van der Waals surface area contributed by atoms with Gasteiger partial charge in [-0.05, 0) is 5.16 Å². The van der Waals surface area contributed by atoms with Crippen LogP contribution < -0.4 is 4.90 Å². The minimum atomic E-state index is -0.242. The SMILES string of the molecule is CN(C)c1noc(C2CN3CC(O)C2C3)n1. The Bertz CT molecular complexity index is 392. The molecule has 0 spiro atoms. The number of hydrogen-bond donors (Lipinski definition) is 1. The van der Waals surface area contributed by atoms with Gasteiger partial charge in [0.2, 0.25) is 5.89 Å². The highest BCUT2D eigenvalue weighted by molar-refractivity contribution is 5.25. The van der Waals surface area contributed by atoms with E-state index in [1.807, 2.05) is 19.0 Å². The van der Waals surface area contributed by atoms with Crippen LogP contribution in [0.5, 0.6) is 0 Å². The van der Waals surface area contributed by atoms with Gasteiger partial charge in [-0.1, -0.05) is 0 Å². The normalized spacial score (nSPS) is 36.9. The van der Waals surface area contributed by atoms with E-state index in [-0.39, 0.29) is 17.9 Å². The van der Waals surface area contributed by atoms with Crippen molar-refractivity contribution >= 4 is 5.95 Å². The molecular formula is C10H16N4O2. The maximum Gasteiger partial charge on any atom is 0.265 e. The number of aliphatic hydroxyl groups excluding tert-OH is 1. The van der Waals surface area contributed by atoms with Crippen molar-refractivity contribution in [3.63, 3.8) is 0 Å². The molecule has 0 radical (unpaired) electrons. The van der Waals surface area contributed by atoms with Gasteiger partial charge in [-0.15, -0.1) is 0 Å². The molecule has 2 aliphatic rings. The van der Waals surface area contributed by atoms with Gasteiger partial charge in [0.1, 0.15) is 0 Å². The number of aliphatic hydroxyl groups is 1. The second-order valence-electron chi connectivity index (χ2n) is 4.88. The van der Waals surface area contributed by atoms with Gasteiger partial charge < -0.3 is 14.5 Å². The maximum absolute atomic E-state index is 9.83. The monoisotopic (exact) mass is 224 g/mol. The van der Waals surface area contributed by atoms with Crippen molar-refractivity contribution in [3.05, 3.63) is 5.89 Å². The minimum Gasteiger partial charge on any atom is -0.391 e. The first-order chi connectivity index (χ1) is 7.65. The van der Waals surface area contributed by atoms with E-state index in [4.69, 9.17) is 4.52 Å². The molecule has 2 fully saturated rings. The fourth-order valence-corrected chi connectivity index (χ4v) is 2.67. The van der Waals surface area contributed by atoms with Gasteiger partial charge in [0.15, 0.2) is 0 Å². The molecule has 2 aliphatic heterocycles. The number of nitrogens with zero attached hydrogens (tertiary/aromatic N) is 4. The van der Waals surface area contributed by atoms with Crippen molar-refractivity contribution in [1.29, 1.82) is 0 Å². The van der Waals surface area contributed by atoms with Gasteiger partial charge in [0.05, 0.1) is 12.0 Å². The topological polar surface area (TPSA) is 65.6 Å². The zero-order valence-electron chi connectivity index (χ0n) is 9.50. The van der Waals surface area contributed by atoms with E-state index in [1.165, 1.54) is 0 Å².